The summed E-state index contributed by atoms with van der Waals surface area (Å²) in [5.74, 6) is -0.173. The molecule has 0 bridgehead atoms. The first-order chi connectivity index (χ1) is 11.0. The summed E-state index contributed by atoms with van der Waals surface area (Å²) in [5.41, 5.74) is 2.31. The fraction of sp³-hybridized carbons (Fsp3) is 0.316. The molecule has 0 aromatic heterocycles. The van der Waals surface area contributed by atoms with Crippen LogP contribution < -0.4 is 0 Å². The Labute approximate surface area is 147 Å². The minimum Gasteiger partial charge on any atom is -0.469 e. The highest BCUT2D eigenvalue weighted by Gasteiger charge is 2.21. The minimum absolute atomic E-state index is 0.170. The molecule has 0 spiro atoms. The van der Waals surface area contributed by atoms with Gasteiger partial charge in [-0.25, -0.2) is 0 Å². The van der Waals surface area contributed by atoms with Crippen LogP contribution in [0.15, 0.2) is 48.5 Å². The predicted molar refractivity (Wildman–Crippen MR) is 95.1 cm³/mol. The van der Waals surface area contributed by atoms with Crippen molar-refractivity contribution in [2.75, 3.05) is 7.11 Å². The molecule has 0 N–H and O–H groups in total. The van der Waals surface area contributed by atoms with Crippen molar-refractivity contribution in [2.24, 2.45) is 5.92 Å². The van der Waals surface area contributed by atoms with E-state index in [0.717, 1.165) is 17.0 Å². The quantitative estimate of drug-likeness (QED) is 0.641. The number of carbonyl (C=O) groups excluding carboxylic acids is 1. The fourth-order valence-corrected chi connectivity index (χ4v) is 3.05. The highest BCUT2D eigenvalue weighted by Crippen LogP contribution is 2.30. The normalized spacial score (nSPS) is 13.4. The first kappa shape index (κ1) is 17.8. The van der Waals surface area contributed by atoms with Crippen LogP contribution in [-0.2, 0) is 16.0 Å². The van der Waals surface area contributed by atoms with E-state index in [9.17, 15) is 4.79 Å². The van der Waals surface area contributed by atoms with E-state index in [4.69, 9.17) is 27.9 Å². The molecule has 23 heavy (non-hydrogen) atoms. The molecular formula is C19H20Cl2O2. The second kappa shape index (κ2) is 8.37. The number of hydrogen-bond acceptors (Lipinski definition) is 2. The van der Waals surface area contributed by atoms with Crippen molar-refractivity contribution >= 4 is 29.2 Å². The summed E-state index contributed by atoms with van der Waals surface area (Å²) in [6.45, 7) is 1.89. The molecule has 0 saturated carbocycles. The number of hydrogen-bond donors (Lipinski definition) is 0. The van der Waals surface area contributed by atoms with E-state index in [0.29, 0.717) is 11.4 Å². The molecule has 2 rings (SSSR count). The van der Waals surface area contributed by atoms with Crippen molar-refractivity contribution < 1.29 is 9.53 Å². The third-order valence-electron chi connectivity index (χ3n) is 3.96. The van der Waals surface area contributed by atoms with Crippen LogP contribution in [0.1, 0.15) is 30.4 Å². The Morgan fingerprint density at radius 2 is 1.78 bits per heavy atom. The van der Waals surface area contributed by atoms with Gasteiger partial charge in [0.05, 0.1) is 13.0 Å². The first-order valence-electron chi connectivity index (χ1n) is 7.57. The zero-order chi connectivity index (χ0) is 16.8. The Balaban J connectivity index is 2.23. The Bertz CT molecular complexity index is 653. The topological polar surface area (TPSA) is 26.3 Å². The zero-order valence-corrected chi connectivity index (χ0v) is 14.8. The van der Waals surface area contributed by atoms with Gasteiger partial charge in [0.25, 0.3) is 0 Å². The van der Waals surface area contributed by atoms with Gasteiger partial charge in [-0.1, -0.05) is 54.4 Å². The molecule has 0 aliphatic carbocycles. The monoisotopic (exact) mass is 350 g/mol. The molecule has 2 aromatic rings. The lowest BCUT2D eigenvalue weighted by molar-refractivity contribution is -0.145. The van der Waals surface area contributed by atoms with Crippen molar-refractivity contribution in [3.63, 3.8) is 0 Å². The third kappa shape index (κ3) is 5.26. The van der Waals surface area contributed by atoms with Crippen molar-refractivity contribution in [1.29, 1.82) is 0 Å². The number of ether oxygens (including phenoxy) is 1. The first-order valence-corrected chi connectivity index (χ1v) is 8.33. The van der Waals surface area contributed by atoms with Gasteiger partial charge < -0.3 is 4.74 Å². The van der Waals surface area contributed by atoms with Gasteiger partial charge in [0, 0.05) is 10.0 Å². The molecule has 2 aromatic carbocycles. The lowest BCUT2D eigenvalue weighted by Gasteiger charge is -2.21. The Morgan fingerprint density at radius 3 is 2.39 bits per heavy atom. The standard InChI is InChI=1S/C19H20Cl2O2/c1-13(19(22)23-2)10-16(15-4-3-5-18(21)12-15)11-14-6-8-17(20)9-7-14/h3-9,12-13,16H,10-11H2,1-2H3. The molecule has 0 aliphatic rings. The van der Waals surface area contributed by atoms with E-state index >= 15 is 0 Å². The van der Waals surface area contributed by atoms with Crippen LogP contribution in [0.4, 0.5) is 0 Å². The largest absolute Gasteiger partial charge is 0.469 e. The third-order valence-corrected chi connectivity index (χ3v) is 4.44. The van der Waals surface area contributed by atoms with Crippen LogP contribution in [0.25, 0.3) is 0 Å². The predicted octanol–water partition coefficient (Wildman–Crippen LogP) is 5.52. The lowest BCUT2D eigenvalue weighted by Crippen LogP contribution is -2.17. The summed E-state index contributed by atoms with van der Waals surface area (Å²) in [6.07, 6.45) is 1.52. The molecule has 0 fully saturated rings. The van der Waals surface area contributed by atoms with Crippen molar-refractivity contribution in [1.82, 2.24) is 0 Å². The second-order valence-electron chi connectivity index (χ2n) is 5.74. The van der Waals surface area contributed by atoms with Gasteiger partial charge in [-0.05, 0) is 54.2 Å². The molecular weight excluding hydrogens is 331 g/mol. The molecule has 0 radical (unpaired) electrons. The van der Waals surface area contributed by atoms with Gasteiger partial charge >= 0.3 is 5.97 Å². The van der Waals surface area contributed by atoms with Crippen molar-refractivity contribution in [3.05, 3.63) is 69.7 Å². The molecule has 0 amide bonds. The van der Waals surface area contributed by atoms with Gasteiger partial charge in [-0.3, -0.25) is 4.79 Å². The number of methoxy groups -OCH3 is 1. The number of halogens is 2. The molecule has 0 saturated heterocycles. The number of carbonyl (C=O) groups is 1. The SMILES string of the molecule is COC(=O)C(C)CC(Cc1ccc(Cl)cc1)c1cccc(Cl)c1. The van der Waals surface area contributed by atoms with Gasteiger partial charge in [0.2, 0.25) is 0 Å². The van der Waals surface area contributed by atoms with Gasteiger partial charge in [0.15, 0.2) is 0 Å². The van der Waals surface area contributed by atoms with Crippen LogP contribution in [0.5, 0.6) is 0 Å². The van der Waals surface area contributed by atoms with E-state index in [-0.39, 0.29) is 17.8 Å². The molecule has 2 nitrogen and oxygen atoms in total. The van der Waals surface area contributed by atoms with Crippen molar-refractivity contribution in [2.45, 2.75) is 25.7 Å². The highest BCUT2D eigenvalue weighted by atomic mass is 35.5. The summed E-state index contributed by atoms with van der Waals surface area (Å²) in [5, 5.41) is 1.42. The van der Waals surface area contributed by atoms with E-state index < -0.39 is 0 Å². The smallest absolute Gasteiger partial charge is 0.308 e. The van der Waals surface area contributed by atoms with Gasteiger partial charge in [0.1, 0.15) is 0 Å². The fourth-order valence-electron chi connectivity index (χ4n) is 2.73. The molecule has 0 aliphatic heterocycles. The van der Waals surface area contributed by atoms with Crippen LogP contribution >= 0.6 is 23.2 Å². The maximum atomic E-state index is 11.8. The van der Waals surface area contributed by atoms with Gasteiger partial charge in [-0.15, -0.1) is 0 Å². The molecule has 2 atom stereocenters. The lowest BCUT2D eigenvalue weighted by atomic mass is 9.85. The minimum atomic E-state index is -0.187. The molecule has 122 valence electrons. The van der Waals surface area contributed by atoms with E-state index in [1.807, 2.05) is 49.4 Å². The zero-order valence-electron chi connectivity index (χ0n) is 13.3. The average Bonchev–Trinajstić information content (AvgIpc) is 2.55. The Hall–Kier alpha value is -1.51. The Morgan fingerprint density at radius 1 is 1.09 bits per heavy atom. The summed E-state index contributed by atoms with van der Waals surface area (Å²) >= 11 is 12.1. The Kier molecular flexibility index (Phi) is 6.49. The van der Waals surface area contributed by atoms with Crippen LogP contribution in [0.3, 0.4) is 0 Å². The number of benzene rings is 2. The highest BCUT2D eigenvalue weighted by molar-refractivity contribution is 6.30. The summed E-state index contributed by atoms with van der Waals surface area (Å²) in [4.78, 5) is 11.8. The second-order valence-corrected chi connectivity index (χ2v) is 6.62. The number of esters is 1. The van der Waals surface area contributed by atoms with Crippen LogP contribution in [-0.4, -0.2) is 13.1 Å². The van der Waals surface area contributed by atoms with E-state index in [1.165, 1.54) is 12.7 Å². The van der Waals surface area contributed by atoms with Crippen LogP contribution in [0, 0.1) is 5.92 Å². The van der Waals surface area contributed by atoms with Crippen molar-refractivity contribution in [3.8, 4) is 0 Å². The molecule has 2 unspecified atom stereocenters. The van der Waals surface area contributed by atoms with E-state index in [2.05, 4.69) is 6.07 Å². The summed E-state index contributed by atoms with van der Waals surface area (Å²) in [6, 6.07) is 15.6. The summed E-state index contributed by atoms with van der Waals surface area (Å²) < 4.78 is 4.86. The maximum Gasteiger partial charge on any atom is 0.308 e. The summed E-state index contributed by atoms with van der Waals surface area (Å²) in [7, 11) is 1.42. The number of rotatable bonds is 6. The maximum absolute atomic E-state index is 11.8. The van der Waals surface area contributed by atoms with Gasteiger partial charge in [-0.2, -0.15) is 0 Å². The van der Waals surface area contributed by atoms with Crippen LogP contribution in [0.2, 0.25) is 10.0 Å². The molecule has 0 heterocycles. The molecule has 4 heteroatoms. The average molecular weight is 351 g/mol. The van der Waals surface area contributed by atoms with E-state index in [1.54, 1.807) is 0 Å².